The van der Waals surface area contributed by atoms with Crippen molar-refractivity contribution in [1.29, 1.82) is 0 Å². The molecule has 4 heteroatoms. The Morgan fingerprint density at radius 3 is 2.83 bits per heavy atom. The molecule has 1 rings (SSSR count). The Bertz CT molecular complexity index is 265. The van der Waals surface area contributed by atoms with Gasteiger partial charge in [-0.2, -0.15) is 0 Å². The molecule has 3 nitrogen and oxygen atoms in total. The molecule has 1 heterocycles. The Labute approximate surface area is 76.2 Å². The maximum atomic E-state index is 9.18. The lowest BCUT2D eigenvalue weighted by atomic mass is 10.1. The van der Waals surface area contributed by atoms with E-state index in [0.717, 1.165) is 0 Å². The topological polar surface area (TPSA) is 59.1 Å². The Morgan fingerprint density at radius 2 is 2.33 bits per heavy atom. The van der Waals surface area contributed by atoms with Crippen molar-refractivity contribution >= 4 is 11.6 Å². The molecule has 0 aliphatic rings. The molecule has 0 radical (unpaired) electrons. The number of hydrogen-bond donors (Lipinski definition) is 2. The van der Waals surface area contributed by atoms with Crippen LogP contribution in [0.1, 0.15) is 18.7 Å². The molecule has 0 fully saturated rings. The molecule has 3 N–H and O–H groups in total. The number of halogens is 1. The summed E-state index contributed by atoms with van der Waals surface area (Å²) in [6.07, 6.45) is 0.959. The van der Waals surface area contributed by atoms with Crippen LogP contribution in [0, 0.1) is 0 Å². The van der Waals surface area contributed by atoms with Crippen molar-refractivity contribution in [3.05, 3.63) is 29.0 Å². The van der Waals surface area contributed by atoms with Crippen molar-refractivity contribution in [3.63, 3.8) is 0 Å². The summed E-state index contributed by atoms with van der Waals surface area (Å²) < 4.78 is 0. The van der Waals surface area contributed by atoms with Crippen LogP contribution in [0.5, 0.6) is 0 Å². The van der Waals surface area contributed by atoms with E-state index in [1.54, 1.807) is 25.3 Å². The van der Waals surface area contributed by atoms with Crippen LogP contribution in [0.4, 0.5) is 0 Å². The van der Waals surface area contributed by atoms with Gasteiger partial charge in [-0.05, 0) is 19.1 Å². The fourth-order valence-electron chi connectivity index (χ4n) is 0.872. The van der Waals surface area contributed by atoms with Crippen molar-refractivity contribution < 1.29 is 5.11 Å². The van der Waals surface area contributed by atoms with Gasteiger partial charge in [-0.15, -0.1) is 0 Å². The molecule has 1 aromatic heterocycles. The van der Waals surface area contributed by atoms with Gasteiger partial charge in [0.25, 0.3) is 0 Å². The zero-order valence-corrected chi connectivity index (χ0v) is 7.49. The third-order valence-corrected chi connectivity index (χ3v) is 1.94. The molecule has 12 heavy (non-hydrogen) atoms. The van der Waals surface area contributed by atoms with Crippen LogP contribution in [-0.4, -0.2) is 16.2 Å². The molecule has 0 aliphatic carbocycles. The molecule has 0 bridgehead atoms. The molecule has 0 spiro atoms. The summed E-state index contributed by atoms with van der Waals surface area (Å²) in [6.45, 7) is 1.61. The minimum absolute atomic E-state index is 0.492. The second-order valence-electron chi connectivity index (χ2n) is 2.64. The summed E-state index contributed by atoms with van der Waals surface area (Å²) in [6, 6.07) is 2.91. The normalized spacial score (nSPS) is 15.7. The summed E-state index contributed by atoms with van der Waals surface area (Å²) in [5.74, 6) is 0. The van der Waals surface area contributed by atoms with E-state index in [1.165, 1.54) is 0 Å². The minimum Gasteiger partial charge on any atom is -0.391 e. The number of pyridine rings is 1. The molecular formula is C8H11ClN2O. The maximum Gasteiger partial charge on any atom is 0.0783 e. The Morgan fingerprint density at radius 1 is 1.67 bits per heavy atom. The minimum atomic E-state index is -0.641. The highest BCUT2D eigenvalue weighted by Gasteiger charge is 2.15. The molecule has 0 aliphatic heterocycles. The van der Waals surface area contributed by atoms with E-state index < -0.39 is 12.1 Å². The second-order valence-corrected chi connectivity index (χ2v) is 3.04. The predicted molar refractivity (Wildman–Crippen MR) is 47.9 cm³/mol. The van der Waals surface area contributed by atoms with Crippen molar-refractivity contribution in [3.8, 4) is 0 Å². The lowest BCUT2D eigenvalue weighted by Gasteiger charge is -2.14. The smallest absolute Gasteiger partial charge is 0.0783 e. The molecule has 0 saturated carbocycles. The molecule has 2 atom stereocenters. The largest absolute Gasteiger partial charge is 0.391 e. The first-order chi connectivity index (χ1) is 5.63. The van der Waals surface area contributed by atoms with E-state index in [1.807, 2.05) is 0 Å². The number of aliphatic hydroxyl groups excluding tert-OH is 1. The predicted octanol–water partition coefficient (Wildman–Crippen LogP) is 1.12. The number of aromatic nitrogens is 1. The third-order valence-electron chi connectivity index (χ3n) is 1.62. The van der Waals surface area contributed by atoms with Gasteiger partial charge in [0, 0.05) is 6.20 Å². The van der Waals surface area contributed by atoms with Gasteiger partial charge in [0.05, 0.1) is 22.9 Å². The first-order valence-electron chi connectivity index (χ1n) is 3.67. The first-order valence-corrected chi connectivity index (χ1v) is 4.04. The molecule has 0 aromatic carbocycles. The fraction of sp³-hybridized carbons (Fsp3) is 0.375. The number of hydrogen-bond acceptors (Lipinski definition) is 3. The summed E-state index contributed by atoms with van der Waals surface area (Å²) in [4.78, 5) is 3.98. The highest BCUT2D eigenvalue weighted by molar-refractivity contribution is 6.31. The van der Waals surface area contributed by atoms with Gasteiger partial charge in [-0.1, -0.05) is 11.6 Å². The molecule has 1 aromatic rings. The summed E-state index contributed by atoms with van der Waals surface area (Å²) in [5.41, 5.74) is 6.18. The highest BCUT2D eigenvalue weighted by Crippen LogP contribution is 2.20. The number of rotatable bonds is 2. The summed E-state index contributed by atoms with van der Waals surface area (Å²) in [7, 11) is 0. The number of nitrogens with two attached hydrogens (primary N) is 1. The van der Waals surface area contributed by atoms with Gasteiger partial charge < -0.3 is 10.8 Å². The zero-order valence-electron chi connectivity index (χ0n) is 6.74. The van der Waals surface area contributed by atoms with E-state index >= 15 is 0 Å². The standard InChI is InChI=1S/C8H11ClN2O/c1-5(12)7(10)8-6(9)3-2-4-11-8/h2-5,7,12H,10H2,1H3/t5-,7-/m1/s1. The lowest BCUT2D eigenvalue weighted by molar-refractivity contribution is 0.162. The summed E-state index contributed by atoms with van der Waals surface area (Å²) in [5, 5.41) is 9.67. The van der Waals surface area contributed by atoms with E-state index in [2.05, 4.69) is 4.98 Å². The van der Waals surface area contributed by atoms with E-state index in [0.29, 0.717) is 10.7 Å². The SMILES string of the molecule is C[C@@H](O)[C@@H](N)c1ncccc1Cl. The fourth-order valence-corrected chi connectivity index (χ4v) is 1.12. The average molecular weight is 187 g/mol. The van der Waals surface area contributed by atoms with E-state index in [4.69, 9.17) is 17.3 Å². The molecule has 0 unspecified atom stereocenters. The third kappa shape index (κ3) is 1.94. The Hall–Kier alpha value is -0.640. The monoisotopic (exact) mass is 186 g/mol. The Balaban J connectivity index is 2.94. The van der Waals surface area contributed by atoms with Crippen LogP contribution in [0.15, 0.2) is 18.3 Å². The average Bonchev–Trinajstić information content (AvgIpc) is 2.04. The Kier molecular flexibility index (Phi) is 3.03. The number of aliphatic hydroxyl groups is 1. The van der Waals surface area contributed by atoms with Crippen LogP contribution >= 0.6 is 11.6 Å². The van der Waals surface area contributed by atoms with E-state index in [9.17, 15) is 5.11 Å². The van der Waals surface area contributed by atoms with Crippen molar-refractivity contribution in [2.24, 2.45) is 5.73 Å². The van der Waals surface area contributed by atoms with Crippen LogP contribution in [0.2, 0.25) is 5.02 Å². The summed E-state index contributed by atoms with van der Waals surface area (Å²) >= 11 is 5.81. The van der Waals surface area contributed by atoms with Gasteiger partial charge in [0.1, 0.15) is 0 Å². The molecule has 0 saturated heterocycles. The second kappa shape index (κ2) is 3.85. The quantitative estimate of drug-likeness (QED) is 0.728. The van der Waals surface area contributed by atoms with Gasteiger partial charge in [0.15, 0.2) is 0 Å². The van der Waals surface area contributed by atoms with Crippen LogP contribution in [0.3, 0.4) is 0 Å². The van der Waals surface area contributed by atoms with Crippen LogP contribution < -0.4 is 5.73 Å². The molecular weight excluding hydrogens is 176 g/mol. The van der Waals surface area contributed by atoms with Crippen molar-refractivity contribution in [2.45, 2.75) is 19.1 Å². The van der Waals surface area contributed by atoms with Gasteiger partial charge in [0.2, 0.25) is 0 Å². The number of nitrogens with zero attached hydrogens (tertiary/aromatic N) is 1. The van der Waals surface area contributed by atoms with Crippen molar-refractivity contribution in [1.82, 2.24) is 4.98 Å². The molecule has 66 valence electrons. The lowest BCUT2D eigenvalue weighted by Crippen LogP contribution is -2.24. The van der Waals surface area contributed by atoms with Gasteiger partial charge in [-0.25, -0.2) is 0 Å². The first kappa shape index (κ1) is 9.45. The highest BCUT2D eigenvalue weighted by atomic mass is 35.5. The maximum absolute atomic E-state index is 9.18. The van der Waals surface area contributed by atoms with Crippen LogP contribution in [0.25, 0.3) is 0 Å². The molecule has 0 amide bonds. The van der Waals surface area contributed by atoms with Gasteiger partial charge >= 0.3 is 0 Å². The van der Waals surface area contributed by atoms with E-state index in [-0.39, 0.29) is 0 Å². The van der Waals surface area contributed by atoms with Crippen LogP contribution in [-0.2, 0) is 0 Å². The van der Waals surface area contributed by atoms with Gasteiger partial charge in [-0.3, -0.25) is 4.98 Å². The van der Waals surface area contributed by atoms with Crippen molar-refractivity contribution in [2.75, 3.05) is 0 Å². The zero-order chi connectivity index (χ0) is 9.14.